The molecule has 0 fully saturated rings. The van der Waals surface area contributed by atoms with Crippen LogP contribution in [0.2, 0.25) is 0 Å². The number of carbonyl (C=O) groups is 3. The normalized spacial score (nSPS) is 11.5. The van der Waals surface area contributed by atoms with Crippen LogP contribution in [0.1, 0.15) is 15.9 Å². The molecule has 1 aromatic heterocycles. The summed E-state index contributed by atoms with van der Waals surface area (Å²) < 4.78 is 5.35. The lowest BCUT2D eigenvalue weighted by molar-refractivity contribution is -0.137. The van der Waals surface area contributed by atoms with Gasteiger partial charge in [0.15, 0.2) is 11.6 Å². The Morgan fingerprint density at radius 1 is 1.03 bits per heavy atom. The van der Waals surface area contributed by atoms with Gasteiger partial charge in [-0.15, -0.1) is 0 Å². The van der Waals surface area contributed by atoms with Gasteiger partial charge >= 0.3 is 0 Å². The molecule has 0 aliphatic rings. The summed E-state index contributed by atoms with van der Waals surface area (Å²) in [4.78, 5) is 36.9. The van der Waals surface area contributed by atoms with Crippen molar-refractivity contribution >= 4 is 23.4 Å². The Morgan fingerprint density at radius 3 is 2.24 bits per heavy atom. The summed E-state index contributed by atoms with van der Waals surface area (Å²) in [6.45, 7) is 0. The van der Waals surface area contributed by atoms with Crippen LogP contribution < -0.4 is 16.4 Å². The van der Waals surface area contributed by atoms with Gasteiger partial charge < -0.3 is 20.9 Å². The number of carbonyl (C=O) groups excluding carboxylic acids is 3. The smallest absolute Gasteiger partial charge is 0.287 e. The van der Waals surface area contributed by atoms with E-state index in [1.54, 1.807) is 55.6 Å². The van der Waals surface area contributed by atoms with E-state index in [1.807, 2.05) is 12.1 Å². The fourth-order valence-corrected chi connectivity index (χ4v) is 2.92. The molecule has 0 saturated heterocycles. The van der Waals surface area contributed by atoms with Gasteiger partial charge in [0.1, 0.15) is 11.6 Å². The Hall–Kier alpha value is -3.94. The molecule has 0 aliphatic carbocycles. The highest BCUT2D eigenvalue weighted by Gasteiger charge is 2.30. The minimum absolute atomic E-state index is 0.120. The van der Waals surface area contributed by atoms with E-state index in [0.717, 1.165) is 5.56 Å². The second-order valence-electron chi connectivity index (χ2n) is 6.30. The van der Waals surface area contributed by atoms with Crippen molar-refractivity contribution in [2.75, 3.05) is 12.4 Å². The van der Waals surface area contributed by atoms with Crippen LogP contribution in [0.25, 0.3) is 11.3 Å². The van der Waals surface area contributed by atoms with E-state index >= 15 is 0 Å². The van der Waals surface area contributed by atoms with Crippen molar-refractivity contribution in [3.8, 4) is 11.3 Å². The summed E-state index contributed by atoms with van der Waals surface area (Å²) >= 11 is 0. The minimum Gasteiger partial charge on any atom is -0.370 e. The molecule has 0 radical (unpaired) electrons. The molecule has 0 aliphatic heterocycles. The van der Waals surface area contributed by atoms with E-state index in [1.165, 1.54) is 0 Å². The van der Waals surface area contributed by atoms with Crippen molar-refractivity contribution in [1.29, 1.82) is 0 Å². The SMILES string of the molecule is CNc1noc(-c2ccccc2)c1C(=O)NC(Cc1ccccc1)C(=O)C(N)=O. The predicted octanol–water partition coefficient (Wildman–Crippen LogP) is 1.78. The van der Waals surface area contributed by atoms with E-state index in [4.69, 9.17) is 10.3 Å². The molecule has 0 saturated carbocycles. The second-order valence-corrected chi connectivity index (χ2v) is 6.30. The summed E-state index contributed by atoms with van der Waals surface area (Å²) in [5.41, 5.74) is 6.73. The third kappa shape index (κ3) is 4.49. The molecule has 1 unspecified atom stereocenters. The molecule has 2 aromatic carbocycles. The van der Waals surface area contributed by atoms with Gasteiger partial charge in [0, 0.05) is 19.0 Å². The first-order chi connectivity index (χ1) is 14.0. The molecule has 3 aromatic rings. The van der Waals surface area contributed by atoms with Crippen LogP contribution in [0, 0.1) is 0 Å². The molecule has 1 heterocycles. The number of nitrogens with two attached hydrogens (primary N) is 1. The number of nitrogens with zero attached hydrogens (tertiary/aromatic N) is 1. The van der Waals surface area contributed by atoms with E-state index in [-0.39, 0.29) is 23.6 Å². The largest absolute Gasteiger partial charge is 0.370 e. The van der Waals surface area contributed by atoms with Gasteiger partial charge in [-0.05, 0) is 5.56 Å². The Morgan fingerprint density at radius 2 is 1.66 bits per heavy atom. The van der Waals surface area contributed by atoms with Crippen molar-refractivity contribution in [2.24, 2.45) is 5.73 Å². The van der Waals surface area contributed by atoms with Crippen LogP contribution in [0.3, 0.4) is 0 Å². The molecule has 4 N–H and O–H groups in total. The number of rotatable bonds is 8. The molecule has 1 atom stereocenters. The van der Waals surface area contributed by atoms with E-state index in [2.05, 4.69) is 15.8 Å². The third-order valence-corrected chi connectivity index (χ3v) is 4.34. The minimum atomic E-state index is -1.12. The number of ketones is 1. The van der Waals surface area contributed by atoms with Gasteiger partial charge in [-0.1, -0.05) is 65.8 Å². The number of nitrogens with one attached hydrogen (secondary N) is 2. The summed E-state index contributed by atoms with van der Waals surface area (Å²) in [6.07, 6.45) is 0.120. The fourth-order valence-electron chi connectivity index (χ4n) is 2.92. The van der Waals surface area contributed by atoms with Gasteiger partial charge in [0.05, 0.1) is 0 Å². The molecular formula is C21H20N4O4. The number of hydrogen-bond donors (Lipinski definition) is 3. The Kier molecular flexibility index (Phi) is 6.03. The molecule has 0 bridgehead atoms. The van der Waals surface area contributed by atoms with Crippen molar-refractivity contribution in [1.82, 2.24) is 10.5 Å². The maximum atomic E-state index is 13.1. The lowest BCUT2D eigenvalue weighted by Crippen LogP contribution is -2.47. The van der Waals surface area contributed by atoms with Crippen LogP contribution in [-0.4, -0.2) is 35.8 Å². The number of Topliss-reactive ketones (excluding diaryl/α,β-unsaturated/α-hetero) is 1. The van der Waals surface area contributed by atoms with E-state index in [9.17, 15) is 14.4 Å². The number of hydrogen-bond acceptors (Lipinski definition) is 6. The first-order valence-electron chi connectivity index (χ1n) is 8.92. The highest BCUT2D eigenvalue weighted by atomic mass is 16.5. The van der Waals surface area contributed by atoms with Crippen molar-refractivity contribution < 1.29 is 18.9 Å². The highest BCUT2D eigenvalue weighted by molar-refractivity contribution is 6.38. The molecule has 148 valence electrons. The summed E-state index contributed by atoms with van der Waals surface area (Å²) in [7, 11) is 1.60. The predicted molar refractivity (Wildman–Crippen MR) is 107 cm³/mol. The standard InChI is InChI=1S/C21H20N4O4/c1-23-20-16(18(29-25-20)14-10-6-3-7-11-14)21(28)24-15(17(26)19(22)27)12-13-8-4-2-5-9-13/h2-11,15H,12H2,1H3,(H2,22,27)(H,23,25)(H,24,28). The molecule has 0 spiro atoms. The Labute approximate surface area is 167 Å². The molecule has 8 nitrogen and oxygen atoms in total. The zero-order valence-corrected chi connectivity index (χ0v) is 15.7. The van der Waals surface area contributed by atoms with Gasteiger partial charge in [0.25, 0.3) is 11.8 Å². The molecular weight excluding hydrogens is 372 g/mol. The number of aromatic nitrogens is 1. The maximum absolute atomic E-state index is 13.1. The molecule has 3 rings (SSSR count). The number of anilines is 1. The monoisotopic (exact) mass is 392 g/mol. The van der Waals surface area contributed by atoms with Gasteiger partial charge in [-0.3, -0.25) is 14.4 Å². The van der Waals surface area contributed by atoms with Crippen molar-refractivity contribution in [3.05, 3.63) is 71.8 Å². The zero-order valence-electron chi connectivity index (χ0n) is 15.7. The van der Waals surface area contributed by atoms with Crippen molar-refractivity contribution in [3.63, 3.8) is 0 Å². The lowest BCUT2D eigenvalue weighted by atomic mass is 10.0. The highest BCUT2D eigenvalue weighted by Crippen LogP contribution is 2.29. The quantitative estimate of drug-likeness (QED) is 0.502. The van der Waals surface area contributed by atoms with Gasteiger partial charge in [-0.25, -0.2) is 0 Å². The number of benzene rings is 2. The van der Waals surface area contributed by atoms with Crippen LogP contribution >= 0.6 is 0 Å². The van der Waals surface area contributed by atoms with Gasteiger partial charge in [-0.2, -0.15) is 0 Å². The van der Waals surface area contributed by atoms with Crippen LogP contribution in [0.5, 0.6) is 0 Å². The number of primary amides is 1. The third-order valence-electron chi connectivity index (χ3n) is 4.34. The first-order valence-corrected chi connectivity index (χ1v) is 8.92. The lowest BCUT2D eigenvalue weighted by Gasteiger charge is -2.16. The summed E-state index contributed by atoms with van der Waals surface area (Å²) in [5, 5.41) is 9.28. The Balaban J connectivity index is 1.93. The average Bonchev–Trinajstić information content (AvgIpc) is 3.18. The zero-order chi connectivity index (χ0) is 20.8. The molecule has 29 heavy (non-hydrogen) atoms. The summed E-state index contributed by atoms with van der Waals surface area (Å²) in [6, 6.07) is 16.9. The first kappa shape index (κ1) is 19.8. The molecule has 2 amide bonds. The van der Waals surface area contributed by atoms with E-state index < -0.39 is 23.6 Å². The van der Waals surface area contributed by atoms with Crippen LogP contribution in [-0.2, 0) is 16.0 Å². The number of amides is 2. The average molecular weight is 392 g/mol. The van der Waals surface area contributed by atoms with Crippen LogP contribution in [0.15, 0.2) is 65.2 Å². The Bertz CT molecular complexity index is 1020. The maximum Gasteiger partial charge on any atom is 0.287 e. The van der Waals surface area contributed by atoms with E-state index in [0.29, 0.717) is 5.56 Å². The fraction of sp³-hybridized carbons (Fsp3) is 0.143. The van der Waals surface area contributed by atoms with Gasteiger partial charge in [0.2, 0.25) is 5.78 Å². The summed E-state index contributed by atoms with van der Waals surface area (Å²) in [5.74, 6) is -2.15. The second kappa shape index (κ2) is 8.83. The molecule has 8 heteroatoms. The van der Waals surface area contributed by atoms with Crippen LogP contribution in [0.4, 0.5) is 5.82 Å². The van der Waals surface area contributed by atoms with Crippen molar-refractivity contribution in [2.45, 2.75) is 12.5 Å². The topological polar surface area (TPSA) is 127 Å².